The van der Waals surface area contributed by atoms with Gasteiger partial charge in [0.15, 0.2) is 0 Å². The Balaban J connectivity index is 2.78. The lowest BCUT2D eigenvalue weighted by atomic mass is 10.0. The molecule has 0 aliphatic rings. The fourth-order valence-electron chi connectivity index (χ4n) is 1.27. The van der Waals surface area contributed by atoms with Crippen molar-refractivity contribution in [2.24, 2.45) is 0 Å². The average Bonchev–Trinajstić information content (AvgIpc) is 2.15. The summed E-state index contributed by atoms with van der Waals surface area (Å²) in [6.45, 7) is 5.86. The van der Waals surface area contributed by atoms with Crippen LogP contribution in [0.2, 0.25) is 0 Å². The van der Waals surface area contributed by atoms with E-state index in [1.807, 2.05) is 18.2 Å². The second-order valence-corrected chi connectivity index (χ2v) is 3.39. The molecule has 72 valence electrons. The monoisotopic (exact) mass is 180 g/mol. The number of rotatable bonds is 4. The highest BCUT2D eigenvalue weighted by Gasteiger charge is 2.05. The lowest BCUT2D eigenvalue weighted by Crippen LogP contribution is -2.52. The summed E-state index contributed by atoms with van der Waals surface area (Å²) in [4.78, 5) is 0. The predicted molar refractivity (Wildman–Crippen MR) is 53.8 cm³/mol. The zero-order valence-corrected chi connectivity index (χ0v) is 8.42. The summed E-state index contributed by atoms with van der Waals surface area (Å²) >= 11 is 0. The molecule has 1 aromatic carbocycles. The van der Waals surface area contributed by atoms with Crippen LogP contribution < -0.4 is 10.5 Å². The van der Waals surface area contributed by atoms with Crippen LogP contribution in [0, 0.1) is 0 Å². The summed E-state index contributed by atoms with van der Waals surface area (Å²) < 4.78 is 5.59. The van der Waals surface area contributed by atoms with Gasteiger partial charge in [-0.15, -0.1) is 0 Å². The minimum absolute atomic E-state index is 0.515. The summed E-state index contributed by atoms with van der Waals surface area (Å²) in [5.41, 5.74) is 5.02. The summed E-state index contributed by atoms with van der Waals surface area (Å²) in [7, 11) is 0. The van der Waals surface area contributed by atoms with Crippen LogP contribution in [0.25, 0.3) is 0 Å². The van der Waals surface area contributed by atoms with Crippen LogP contribution in [0.3, 0.4) is 0 Å². The van der Waals surface area contributed by atoms with Gasteiger partial charge in [-0.3, -0.25) is 0 Å². The molecule has 0 aromatic heterocycles. The Hall–Kier alpha value is -1.02. The normalized spacial score (nSPS) is 10.5. The molecule has 0 radical (unpaired) electrons. The smallest absolute Gasteiger partial charge is 0.137 e. The second kappa shape index (κ2) is 4.87. The van der Waals surface area contributed by atoms with E-state index < -0.39 is 0 Å². The highest BCUT2D eigenvalue weighted by atomic mass is 16.5. The van der Waals surface area contributed by atoms with E-state index in [4.69, 9.17) is 4.74 Å². The van der Waals surface area contributed by atoms with Crippen LogP contribution in [-0.2, 0) is 0 Å². The van der Waals surface area contributed by atoms with Crippen LogP contribution >= 0.6 is 0 Å². The van der Waals surface area contributed by atoms with E-state index in [0.717, 1.165) is 12.3 Å². The first-order valence-electron chi connectivity index (χ1n) is 4.76. The van der Waals surface area contributed by atoms with E-state index >= 15 is 0 Å². The molecule has 2 nitrogen and oxygen atoms in total. The van der Waals surface area contributed by atoms with E-state index in [0.29, 0.717) is 12.5 Å². The third-order valence-electron chi connectivity index (χ3n) is 1.94. The quantitative estimate of drug-likeness (QED) is 0.747. The maximum atomic E-state index is 5.59. The lowest BCUT2D eigenvalue weighted by Gasteiger charge is -2.12. The molecule has 0 atom stereocenters. The van der Waals surface area contributed by atoms with Crippen molar-refractivity contribution in [3.63, 3.8) is 0 Å². The first kappa shape index (κ1) is 10.1. The van der Waals surface area contributed by atoms with Gasteiger partial charge in [-0.2, -0.15) is 0 Å². The molecular weight excluding hydrogens is 162 g/mol. The van der Waals surface area contributed by atoms with Crippen LogP contribution in [0.15, 0.2) is 24.3 Å². The number of ether oxygens (including phenoxy) is 1. The third kappa shape index (κ3) is 2.74. The molecular formula is C11H18NO+. The molecule has 0 saturated carbocycles. The van der Waals surface area contributed by atoms with Gasteiger partial charge in [-0.25, -0.2) is 0 Å². The number of hydrogen-bond donors (Lipinski definition) is 1. The van der Waals surface area contributed by atoms with Crippen molar-refractivity contribution < 1.29 is 10.5 Å². The fraction of sp³-hybridized carbons (Fsp3) is 0.455. The van der Waals surface area contributed by atoms with Gasteiger partial charge in [0.2, 0.25) is 0 Å². The molecule has 0 fully saturated rings. The third-order valence-corrected chi connectivity index (χ3v) is 1.94. The number of para-hydroxylation sites is 1. The molecule has 0 saturated heterocycles. The van der Waals surface area contributed by atoms with Crippen LogP contribution in [0.4, 0.5) is 0 Å². The van der Waals surface area contributed by atoms with Gasteiger partial charge in [0, 0.05) is 0 Å². The number of hydrogen-bond acceptors (Lipinski definition) is 1. The van der Waals surface area contributed by atoms with Crippen molar-refractivity contribution in [3.05, 3.63) is 29.8 Å². The average molecular weight is 180 g/mol. The minimum atomic E-state index is 0.515. The van der Waals surface area contributed by atoms with Gasteiger partial charge in [0.25, 0.3) is 0 Å². The molecule has 0 heterocycles. The SMILES string of the molecule is CC(C)c1ccccc1OCC[NH3+]. The van der Waals surface area contributed by atoms with Gasteiger partial charge in [0.1, 0.15) is 18.9 Å². The van der Waals surface area contributed by atoms with E-state index in [1.165, 1.54) is 5.56 Å². The van der Waals surface area contributed by atoms with Gasteiger partial charge < -0.3 is 10.5 Å². The van der Waals surface area contributed by atoms with Crippen molar-refractivity contribution in [3.8, 4) is 5.75 Å². The molecule has 0 amide bonds. The molecule has 0 spiro atoms. The molecule has 0 aliphatic heterocycles. The number of quaternary nitrogens is 1. The van der Waals surface area contributed by atoms with Crippen LogP contribution in [-0.4, -0.2) is 13.2 Å². The molecule has 1 rings (SSSR count). The Morgan fingerprint density at radius 2 is 2.00 bits per heavy atom. The van der Waals surface area contributed by atoms with Gasteiger partial charge in [-0.1, -0.05) is 32.0 Å². The van der Waals surface area contributed by atoms with Crippen molar-refractivity contribution in [2.75, 3.05) is 13.2 Å². The largest absolute Gasteiger partial charge is 0.487 e. The standard InChI is InChI=1S/C11H17NO/c1-9(2)10-5-3-4-6-11(10)13-8-7-12/h3-6,9H,7-8,12H2,1-2H3/p+1. The summed E-state index contributed by atoms with van der Waals surface area (Å²) in [5.74, 6) is 1.52. The van der Waals surface area contributed by atoms with Gasteiger partial charge in [0.05, 0.1) is 0 Å². The van der Waals surface area contributed by atoms with Crippen molar-refractivity contribution >= 4 is 0 Å². The summed E-state index contributed by atoms with van der Waals surface area (Å²) in [6, 6.07) is 8.19. The Morgan fingerprint density at radius 1 is 1.31 bits per heavy atom. The Morgan fingerprint density at radius 3 is 2.62 bits per heavy atom. The zero-order valence-electron chi connectivity index (χ0n) is 8.42. The Labute approximate surface area is 79.7 Å². The zero-order chi connectivity index (χ0) is 9.68. The highest BCUT2D eigenvalue weighted by molar-refractivity contribution is 5.35. The molecule has 2 heteroatoms. The maximum Gasteiger partial charge on any atom is 0.137 e. The summed E-state index contributed by atoms with van der Waals surface area (Å²) in [5, 5.41) is 0. The number of benzene rings is 1. The van der Waals surface area contributed by atoms with Crippen LogP contribution in [0.5, 0.6) is 5.75 Å². The minimum Gasteiger partial charge on any atom is -0.487 e. The Kier molecular flexibility index (Phi) is 3.77. The van der Waals surface area contributed by atoms with E-state index in [2.05, 4.69) is 25.6 Å². The first-order valence-corrected chi connectivity index (χ1v) is 4.76. The summed E-state index contributed by atoms with van der Waals surface area (Å²) in [6.07, 6.45) is 0. The van der Waals surface area contributed by atoms with E-state index in [-0.39, 0.29) is 0 Å². The molecule has 3 N–H and O–H groups in total. The lowest BCUT2D eigenvalue weighted by molar-refractivity contribution is -0.370. The van der Waals surface area contributed by atoms with Gasteiger partial charge >= 0.3 is 0 Å². The van der Waals surface area contributed by atoms with Crippen molar-refractivity contribution in [1.29, 1.82) is 0 Å². The van der Waals surface area contributed by atoms with Gasteiger partial charge in [-0.05, 0) is 17.5 Å². The van der Waals surface area contributed by atoms with Crippen LogP contribution in [0.1, 0.15) is 25.3 Å². The topological polar surface area (TPSA) is 36.9 Å². The van der Waals surface area contributed by atoms with Crippen molar-refractivity contribution in [1.82, 2.24) is 0 Å². The Bertz CT molecular complexity index is 258. The van der Waals surface area contributed by atoms with Crippen molar-refractivity contribution in [2.45, 2.75) is 19.8 Å². The molecule has 1 aromatic rings. The molecule has 13 heavy (non-hydrogen) atoms. The van der Waals surface area contributed by atoms with E-state index in [9.17, 15) is 0 Å². The van der Waals surface area contributed by atoms with E-state index in [1.54, 1.807) is 0 Å². The molecule has 0 unspecified atom stereocenters. The second-order valence-electron chi connectivity index (χ2n) is 3.39. The highest BCUT2D eigenvalue weighted by Crippen LogP contribution is 2.25. The fourth-order valence-corrected chi connectivity index (χ4v) is 1.27. The maximum absolute atomic E-state index is 5.59. The predicted octanol–water partition coefficient (Wildman–Crippen LogP) is 1.43. The molecule has 0 bridgehead atoms. The molecule has 0 aliphatic carbocycles. The first-order chi connectivity index (χ1) is 6.25.